The fourth-order valence-corrected chi connectivity index (χ4v) is 4.51. The van der Waals surface area contributed by atoms with Crippen molar-refractivity contribution in [1.82, 2.24) is 20.5 Å². The molecule has 0 radical (unpaired) electrons. The second-order valence-electron chi connectivity index (χ2n) is 8.17. The van der Waals surface area contributed by atoms with Crippen molar-refractivity contribution in [2.75, 3.05) is 57.3 Å². The first-order chi connectivity index (χ1) is 15.1. The molecule has 31 heavy (non-hydrogen) atoms. The number of nitrogens with one attached hydrogen (secondary N) is 2. The number of anilines is 1. The van der Waals surface area contributed by atoms with E-state index in [0.29, 0.717) is 0 Å². The van der Waals surface area contributed by atoms with Crippen LogP contribution in [0.2, 0.25) is 0 Å². The number of hydrogen-bond donors (Lipinski definition) is 2. The monoisotopic (exact) mass is 442 g/mol. The first-order valence-electron chi connectivity index (χ1n) is 11.6. The third kappa shape index (κ3) is 8.15. The molecule has 7 heteroatoms. The van der Waals surface area contributed by atoms with Gasteiger partial charge in [0.2, 0.25) is 0 Å². The average molecular weight is 443 g/mol. The topological polar surface area (TPSA) is 55.8 Å². The average Bonchev–Trinajstić information content (AvgIpc) is 3.19. The van der Waals surface area contributed by atoms with Crippen molar-refractivity contribution in [3.63, 3.8) is 0 Å². The lowest BCUT2D eigenvalue weighted by molar-refractivity contribution is 0.253. The second-order valence-corrected chi connectivity index (χ2v) is 9.23. The van der Waals surface area contributed by atoms with E-state index in [0.717, 1.165) is 75.3 Å². The van der Waals surface area contributed by atoms with Gasteiger partial charge in [0.05, 0.1) is 10.7 Å². The SMILES string of the molecule is CCNC(=NCCCCN1CCN(c2cccc(C)c2)CC1)NCCc1csc(C)n1. The quantitative estimate of drug-likeness (QED) is 0.335. The second kappa shape index (κ2) is 12.7. The van der Waals surface area contributed by atoms with Crippen LogP contribution in [0.1, 0.15) is 36.0 Å². The molecule has 3 rings (SSSR count). The fraction of sp³-hybridized carbons (Fsp3) is 0.583. The molecule has 0 atom stereocenters. The summed E-state index contributed by atoms with van der Waals surface area (Å²) in [6.07, 6.45) is 3.26. The van der Waals surface area contributed by atoms with Gasteiger partial charge in [-0.3, -0.25) is 9.89 Å². The number of aryl methyl sites for hydroxylation is 2. The number of thiazole rings is 1. The van der Waals surface area contributed by atoms with Gasteiger partial charge < -0.3 is 15.5 Å². The molecule has 0 aliphatic carbocycles. The van der Waals surface area contributed by atoms with E-state index >= 15 is 0 Å². The van der Waals surface area contributed by atoms with Crippen LogP contribution in [-0.2, 0) is 6.42 Å². The van der Waals surface area contributed by atoms with Crippen molar-refractivity contribution in [1.29, 1.82) is 0 Å². The molecule has 0 bridgehead atoms. The van der Waals surface area contributed by atoms with Crippen LogP contribution in [0.4, 0.5) is 5.69 Å². The van der Waals surface area contributed by atoms with Crippen molar-refractivity contribution in [2.24, 2.45) is 4.99 Å². The van der Waals surface area contributed by atoms with Gasteiger partial charge in [-0.15, -0.1) is 11.3 Å². The first kappa shape index (κ1) is 23.5. The zero-order valence-corrected chi connectivity index (χ0v) is 20.2. The molecule has 2 heterocycles. The maximum Gasteiger partial charge on any atom is 0.191 e. The number of benzene rings is 1. The molecule has 1 aromatic heterocycles. The zero-order chi connectivity index (χ0) is 21.9. The van der Waals surface area contributed by atoms with E-state index in [-0.39, 0.29) is 0 Å². The summed E-state index contributed by atoms with van der Waals surface area (Å²) in [5.41, 5.74) is 3.86. The Kier molecular flexibility index (Phi) is 9.62. The number of piperazine rings is 1. The summed E-state index contributed by atoms with van der Waals surface area (Å²) in [6.45, 7) is 14.7. The Balaban J connectivity index is 1.30. The van der Waals surface area contributed by atoms with Crippen molar-refractivity contribution in [3.8, 4) is 0 Å². The van der Waals surface area contributed by atoms with E-state index in [2.05, 4.69) is 75.8 Å². The lowest BCUT2D eigenvalue weighted by atomic mass is 10.2. The first-order valence-corrected chi connectivity index (χ1v) is 12.5. The molecule has 2 aromatic rings. The van der Waals surface area contributed by atoms with Crippen LogP contribution in [0.25, 0.3) is 0 Å². The molecule has 1 fully saturated rings. The predicted octanol–water partition coefficient (Wildman–Crippen LogP) is 3.46. The van der Waals surface area contributed by atoms with Gasteiger partial charge >= 0.3 is 0 Å². The number of guanidine groups is 1. The van der Waals surface area contributed by atoms with Crippen molar-refractivity contribution in [3.05, 3.63) is 45.9 Å². The molecule has 0 unspecified atom stereocenters. The summed E-state index contributed by atoms with van der Waals surface area (Å²) in [5, 5.41) is 10.0. The van der Waals surface area contributed by atoms with Crippen LogP contribution in [0.15, 0.2) is 34.6 Å². The Morgan fingerprint density at radius 3 is 2.68 bits per heavy atom. The maximum absolute atomic E-state index is 4.74. The molecule has 0 saturated carbocycles. The molecule has 1 saturated heterocycles. The number of aliphatic imine (C=N–C) groups is 1. The summed E-state index contributed by atoms with van der Waals surface area (Å²) in [4.78, 5) is 14.4. The van der Waals surface area contributed by atoms with E-state index in [4.69, 9.17) is 4.99 Å². The number of rotatable bonds is 10. The standard InChI is InChI=1S/C24H38N6S/c1-4-25-24(27-12-10-22-19-31-21(3)28-22)26-11-5-6-13-29-14-16-30(17-15-29)23-9-7-8-20(2)18-23/h7-9,18-19H,4-6,10-17H2,1-3H3,(H2,25,26,27). The largest absolute Gasteiger partial charge is 0.369 e. The van der Waals surface area contributed by atoms with Crippen molar-refractivity contribution < 1.29 is 0 Å². The van der Waals surface area contributed by atoms with Crippen LogP contribution in [0.3, 0.4) is 0 Å². The number of unbranched alkanes of at least 4 members (excludes halogenated alkanes) is 1. The molecule has 1 aliphatic rings. The van der Waals surface area contributed by atoms with Crippen LogP contribution >= 0.6 is 11.3 Å². The minimum atomic E-state index is 0.861. The Hall–Kier alpha value is -2.12. The van der Waals surface area contributed by atoms with Gasteiger partial charge in [-0.1, -0.05) is 12.1 Å². The maximum atomic E-state index is 4.74. The van der Waals surface area contributed by atoms with E-state index in [1.54, 1.807) is 11.3 Å². The summed E-state index contributed by atoms with van der Waals surface area (Å²) in [7, 11) is 0. The van der Waals surface area contributed by atoms with Gasteiger partial charge in [-0.25, -0.2) is 4.98 Å². The highest BCUT2D eigenvalue weighted by molar-refractivity contribution is 7.09. The van der Waals surface area contributed by atoms with Crippen LogP contribution in [0.5, 0.6) is 0 Å². The summed E-state index contributed by atoms with van der Waals surface area (Å²) in [6, 6.07) is 8.85. The lowest BCUT2D eigenvalue weighted by Crippen LogP contribution is -2.46. The Morgan fingerprint density at radius 1 is 1.13 bits per heavy atom. The molecular weight excluding hydrogens is 404 g/mol. The normalized spacial score (nSPS) is 15.3. The Morgan fingerprint density at radius 2 is 1.97 bits per heavy atom. The molecule has 1 aliphatic heterocycles. The number of nitrogens with zero attached hydrogens (tertiary/aromatic N) is 4. The van der Waals surface area contributed by atoms with Crippen molar-refractivity contribution in [2.45, 2.75) is 40.0 Å². The van der Waals surface area contributed by atoms with Crippen LogP contribution in [0, 0.1) is 13.8 Å². The third-order valence-electron chi connectivity index (χ3n) is 5.58. The molecule has 0 spiro atoms. The van der Waals surface area contributed by atoms with Gasteiger partial charge in [-0.2, -0.15) is 0 Å². The molecule has 0 amide bonds. The van der Waals surface area contributed by atoms with Crippen LogP contribution in [-0.4, -0.2) is 68.2 Å². The molecule has 1 aromatic carbocycles. The third-order valence-corrected chi connectivity index (χ3v) is 6.40. The highest BCUT2D eigenvalue weighted by atomic mass is 32.1. The molecule has 2 N–H and O–H groups in total. The van der Waals surface area contributed by atoms with E-state index in [1.807, 2.05) is 0 Å². The molecular formula is C24H38N6S. The lowest BCUT2D eigenvalue weighted by Gasteiger charge is -2.36. The minimum Gasteiger partial charge on any atom is -0.369 e. The van der Waals surface area contributed by atoms with E-state index < -0.39 is 0 Å². The highest BCUT2D eigenvalue weighted by Gasteiger charge is 2.16. The van der Waals surface area contributed by atoms with Crippen molar-refractivity contribution >= 4 is 23.0 Å². The smallest absolute Gasteiger partial charge is 0.191 e. The summed E-state index contributed by atoms with van der Waals surface area (Å²) >= 11 is 1.71. The molecule has 6 nitrogen and oxygen atoms in total. The van der Waals surface area contributed by atoms with Gasteiger partial charge in [0.1, 0.15) is 0 Å². The molecule has 170 valence electrons. The predicted molar refractivity (Wildman–Crippen MR) is 134 cm³/mol. The van der Waals surface area contributed by atoms with Gasteiger partial charge in [0.15, 0.2) is 5.96 Å². The van der Waals surface area contributed by atoms with E-state index in [9.17, 15) is 0 Å². The number of aromatic nitrogens is 1. The van der Waals surface area contributed by atoms with Gasteiger partial charge in [-0.05, 0) is 57.9 Å². The minimum absolute atomic E-state index is 0.861. The van der Waals surface area contributed by atoms with E-state index in [1.165, 1.54) is 24.2 Å². The fourth-order valence-electron chi connectivity index (χ4n) is 3.87. The van der Waals surface area contributed by atoms with Gasteiger partial charge in [0, 0.05) is 63.3 Å². The summed E-state index contributed by atoms with van der Waals surface area (Å²) in [5.74, 6) is 0.918. The Bertz CT molecular complexity index is 810. The summed E-state index contributed by atoms with van der Waals surface area (Å²) < 4.78 is 0. The Labute approximate surface area is 191 Å². The van der Waals surface area contributed by atoms with Crippen LogP contribution < -0.4 is 15.5 Å². The highest BCUT2D eigenvalue weighted by Crippen LogP contribution is 2.18. The zero-order valence-electron chi connectivity index (χ0n) is 19.4. The number of hydrogen-bond acceptors (Lipinski definition) is 5. The van der Waals surface area contributed by atoms with Gasteiger partial charge in [0.25, 0.3) is 0 Å².